The highest BCUT2D eigenvalue weighted by Gasteiger charge is 2.28. The fraction of sp³-hybridized carbons (Fsp3) is 0.217. The van der Waals surface area contributed by atoms with Crippen molar-refractivity contribution < 1.29 is 13.6 Å². The van der Waals surface area contributed by atoms with Crippen molar-refractivity contribution >= 4 is 72.8 Å². The average molecular weight is 514 g/mol. The van der Waals surface area contributed by atoms with Crippen LogP contribution in [0.5, 0.6) is 0 Å². The van der Waals surface area contributed by atoms with Gasteiger partial charge in [0.1, 0.15) is 5.58 Å². The summed E-state index contributed by atoms with van der Waals surface area (Å²) in [6, 6.07) is 13.1. The molecule has 2 aromatic carbocycles. The van der Waals surface area contributed by atoms with Crippen LogP contribution in [-0.4, -0.2) is 34.2 Å². The van der Waals surface area contributed by atoms with Gasteiger partial charge in [0.25, 0.3) is 5.89 Å². The fourth-order valence-corrected chi connectivity index (χ4v) is 5.25. The first-order valence-corrected chi connectivity index (χ1v) is 12.2. The number of nitrogens with zero attached hydrogens (tertiary/aromatic N) is 4. The number of furan rings is 1. The van der Waals surface area contributed by atoms with E-state index in [2.05, 4.69) is 20.5 Å². The Morgan fingerprint density at radius 1 is 1.03 bits per heavy atom. The molecule has 4 heterocycles. The van der Waals surface area contributed by atoms with Crippen molar-refractivity contribution in [1.29, 1.82) is 0 Å². The highest BCUT2D eigenvalue weighted by atomic mass is 35.5. The number of rotatable bonds is 4. The third-order valence-electron chi connectivity index (χ3n) is 5.82. The van der Waals surface area contributed by atoms with Crippen molar-refractivity contribution in [3.8, 4) is 11.7 Å². The molecule has 0 radical (unpaired) electrons. The Labute approximate surface area is 207 Å². The van der Waals surface area contributed by atoms with Crippen molar-refractivity contribution in [2.45, 2.75) is 12.8 Å². The lowest BCUT2D eigenvalue weighted by Crippen LogP contribution is -2.38. The van der Waals surface area contributed by atoms with Gasteiger partial charge in [-0.2, -0.15) is 0 Å². The third kappa shape index (κ3) is 4.11. The minimum atomic E-state index is -0.116. The lowest BCUT2D eigenvalue weighted by molar-refractivity contribution is -0.120. The van der Waals surface area contributed by atoms with Gasteiger partial charge in [-0.15, -0.1) is 5.10 Å². The van der Waals surface area contributed by atoms with Crippen LogP contribution in [0.4, 0.5) is 11.1 Å². The summed E-state index contributed by atoms with van der Waals surface area (Å²) in [4.78, 5) is 19.2. The van der Waals surface area contributed by atoms with Gasteiger partial charge in [0, 0.05) is 34.4 Å². The zero-order valence-corrected chi connectivity index (χ0v) is 20.0. The smallest absolute Gasteiger partial charge is 0.318 e. The molecule has 5 aromatic rings. The molecule has 0 bridgehead atoms. The second kappa shape index (κ2) is 8.57. The molecule has 0 unspecified atom stereocenters. The highest BCUT2D eigenvalue weighted by Crippen LogP contribution is 2.32. The van der Waals surface area contributed by atoms with E-state index in [1.54, 1.807) is 18.2 Å². The molecule has 1 saturated heterocycles. The first kappa shape index (κ1) is 21.4. The zero-order valence-electron chi connectivity index (χ0n) is 17.6. The molecule has 1 aliphatic rings. The molecule has 0 atom stereocenters. The first-order chi connectivity index (χ1) is 16.5. The highest BCUT2D eigenvalue weighted by molar-refractivity contribution is 7.22. The quantitative estimate of drug-likeness (QED) is 0.303. The molecule has 34 heavy (non-hydrogen) atoms. The minimum Gasteiger partial charge on any atom is -0.451 e. The number of amides is 1. The van der Waals surface area contributed by atoms with Crippen LogP contribution in [-0.2, 0) is 4.79 Å². The van der Waals surface area contributed by atoms with Crippen LogP contribution in [0.2, 0.25) is 10.0 Å². The lowest BCUT2D eigenvalue weighted by atomic mass is 9.96. The summed E-state index contributed by atoms with van der Waals surface area (Å²) < 4.78 is 12.6. The average Bonchev–Trinajstić information content (AvgIpc) is 3.56. The Balaban J connectivity index is 1.10. The molecule has 1 amide bonds. The predicted molar refractivity (Wildman–Crippen MR) is 133 cm³/mol. The summed E-state index contributed by atoms with van der Waals surface area (Å²) >= 11 is 13.5. The van der Waals surface area contributed by atoms with E-state index in [4.69, 9.17) is 32.0 Å². The lowest BCUT2D eigenvalue weighted by Gasteiger charge is -2.29. The molecule has 1 N–H and O–H groups in total. The number of halogens is 2. The molecular weight excluding hydrogens is 497 g/mol. The Morgan fingerprint density at radius 2 is 1.82 bits per heavy atom. The van der Waals surface area contributed by atoms with Gasteiger partial charge in [0.05, 0.1) is 10.2 Å². The number of piperidine rings is 1. The van der Waals surface area contributed by atoms with E-state index in [0.29, 0.717) is 64.4 Å². The number of anilines is 2. The molecule has 8 nitrogen and oxygen atoms in total. The van der Waals surface area contributed by atoms with E-state index < -0.39 is 0 Å². The second-order valence-electron chi connectivity index (χ2n) is 8.06. The van der Waals surface area contributed by atoms with Crippen molar-refractivity contribution in [3.05, 3.63) is 52.5 Å². The molecule has 0 saturated carbocycles. The molecule has 6 rings (SSSR count). The Bertz CT molecular complexity index is 1520. The fourth-order valence-electron chi connectivity index (χ4n) is 4.06. The first-order valence-electron chi connectivity index (χ1n) is 10.7. The van der Waals surface area contributed by atoms with Crippen LogP contribution in [0, 0.1) is 5.92 Å². The van der Waals surface area contributed by atoms with E-state index >= 15 is 0 Å². The van der Waals surface area contributed by atoms with E-state index in [1.165, 1.54) is 11.3 Å². The van der Waals surface area contributed by atoms with Gasteiger partial charge in [-0.05, 0) is 55.3 Å². The van der Waals surface area contributed by atoms with Crippen molar-refractivity contribution in [1.82, 2.24) is 15.2 Å². The molecule has 1 aliphatic heterocycles. The number of hydrogen-bond acceptors (Lipinski definition) is 8. The van der Waals surface area contributed by atoms with Gasteiger partial charge in [-0.1, -0.05) is 39.6 Å². The molecule has 172 valence electrons. The Hall–Kier alpha value is -3.14. The van der Waals surface area contributed by atoms with E-state index in [1.807, 2.05) is 29.2 Å². The maximum absolute atomic E-state index is 12.8. The van der Waals surface area contributed by atoms with Gasteiger partial charge in [0.2, 0.25) is 5.91 Å². The van der Waals surface area contributed by atoms with Crippen molar-refractivity contribution in [2.75, 3.05) is 23.3 Å². The number of benzene rings is 2. The molecule has 11 heteroatoms. The number of fused-ring (bicyclic) bond motifs is 2. The van der Waals surface area contributed by atoms with E-state index in [-0.39, 0.29) is 11.8 Å². The topological polar surface area (TPSA) is 97.3 Å². The Kier molecular flexibility index (Phi) is 5.40. The molecule has 0 spiro atoms. The van der Waals surface area contributed by atoms with Crippen LogP contribution in [0.3, 0.4) is 0 Å². The standard InChI is InChI=1S/C23H17Cl2N5O3S/c24-14-1-3-17-13(9-14)10-18(32-17)21-28-29-23(33-21)30-7-5-12(6-8-30)20(31)27-22-26-16-11-15(25)2-4-19(16)34-22/h1-4,9-12H,5-8H2,(H,26,27,31). The van der Waals surface area contributed by atoms with E-state index in [9.17, 15) is 4.79 Å². The summed E-state index contributed by atoms with van der Waals surface area (Å²) in [7, 11) is 0. The number of nitrogens with one attached hydrogen (secondary N) is 1. The Morgan fingerprint density at radius 3 is 2.68 bits per heavy atom. The number of carbonyl (C=O) groups excluding carboxylic acids is 1. The van der Waals surface area contributed by atoms with Gasteiger partial charge in [-0.3, -0.25) is 4.79 Å². The summed E-state index contributed by atoms with van der Waals surface area (Å²) in [5.41, 5.74) is 1.48. The summed E-state index contributed by atoms with van der Waals surface area (Å²) in [5, 5.41) is 14.0. The minimum absolute atomic E-state index is 0.0306. The molecule has 0 aliphatic carbocycles. The van der Waals surface area contributed by atoms with Crippen LogP contribution in [0.1, 0.15) is 12.8 Å². The normalized spacial score (nSPS) is 14.8. The molecule has 3 aromatic heterocycles. The largest absolute Gasteiger partial charge is 0.451 e. The molecule has 1 fully saturated rings. The number of thiazole rings is 1. The predicted octanol–water partition coefficient (Wildman–Crippen LogP) is 6.25. The third-order valence-corrected chi connectivity index (χ3v) is 7.24. The zero-order chi connectivity index (χ0) is 23.2. The summed E-state index contributed by atoms with van der Waals surface area (Å²) in [5.74, 6) is 0.645. The second-order valence-corrected chi connectivity index (χ2v) is 9.97. The number of aromatic nitrogens is 3. The van der Waals surface area contributed by atoms with Crippen LogP contribution in [0.15, 0.2) is 51.3 Å². The number of hydrogen-bond donors (Lipinski definition) is 1. The van der Waals surface area contributed by atoms with E-state index in [0.717, 1.165) is 15.6 Å². The van der Waals surface area contributed by atoms with Gasteiger partial charge in [0.15, 0.2) is 10.9 Å². The van der Waals surface area contributed by atoms with Crippen molar-refractivity contribution in [3.63, 3.8) is 0 Å². The van der Waals surface area contributed by atoms with Gasteiger partial charge < -0.3 is 19.1 Å². The van der Waals surface area contributed by atoms with Crippen LogP contribution < -0.4 is 10.2 Å². The maximum atomic E-state index is 12.8. The van der Waals surface area contributed by atoms with Gasteiger partial charge in [-0.25, -0.2) is 4.98 Å². The summed E-state index contributed by atoms with van der Waals surface area (Å²) in [6.45, 7) is 1.26. The monoisotopic (exact) mass is 513 g/mol. The van der Waals surface area contributed by atoms with Crippen LogP contribution >= 0.6 is 34.5 Å². The maximum Gasteiger partial charge on any atom is 0.318 e. The summed E-state index contributed by atoms with van der Waals surface area (Å²) in [6.07, 6.45) is 1.34. The van der Waals surface area contributed by atoms with Gasteiger partial charge >= 0.3 is 6.01 Å². The van der Waals surface area contributed by atoms with Crippen molar-refractivity contribution in [2.24, 2.45) is 5.92 Å². The number of carbonyl (C=O) groups is 1. The van der Waals surface area contributed by atoms with Crippen LogP contribution in [0.25, 0.3) is 32.8 Å². The molecular formula is C23H17Cl2N5O3S. The SMILES string of the molecule is O=C(Nc1nc2cc(Cl)ccc2s1)C1CCN(c2nnc(-c3cc4cc(Cl)ccc4o3)o2)CC1.